The van der Waals surface area contributed by atoms with E-state index < -0.39 is 0 Å². The maximum atomic E-state index is 5.17. The molecule has 0 aliphatic heterocycles. The number of rotatable bonds is 8. The minimum Gasteiger partial charge on any atom is -0.283 e. The van der Waals surface area contributed by atoms with E-state index in [1.165, 1.54) is 4.90 Å². The van der Waals surface area contributed by atoms with Gasteiger partial charge >= 0.3 is 0 Å². The molecular formula is C10H22N3S6+3. The second-order valence-corrected chi connectivity index (χ2v) is 7.63. The van der Waals surface area contributed by atoms with E-state index in [9.17, 15) is 0 Å². The average molecular weight is 377 g/mol. The van der Waals surface area contributed by atoms with Crippen LogP contribution in [0.4, 0.5) is 0 Å². The first-order chi connectivity index (χ1) is 8.88. The molecule has 0 amide bonds. The Hall–Kier alpha value is 1.17. The molecule has 3 nitrogen and oxygen atoms in total. The summed E-state index contributed by atoms with van der Waals surface area (Å²) in [6, 6.07) is 0. The van der Waals surface area contributed by atoms with E-state index in [0.29, 0.717) is 13.0 Å². The predicted octanol–water partition coefficient (Wildman–Crippen LogP) is -2.11. The third-order valence-electron chi connectivity index (χ3n) is 2.60. The first kappa shape index (κ1) is 20.2. The minimum atomic E-state index is 0.610. The Morgan fingerprint density at radius 1 is 0.895 bits per heavy atom. The van der Waals surface area contributed by atoms with Crippen molar-refractivity contribution in [1.82, 2.24) is 0 Å². The van der Waals surface area contributed by atoms with Gasteiger partial charge in [-0.15, -0.1) is 0 Å². The van der Waals surface area contributed by atoms with Gasteiger partial charge in [0.2, 0.25) is 8.64 Å². The summed E-state index contributed by atoms with van der Waals surface area (Å²) in [5.74, 6) is 0. The lowest BCUT2D eigenvalue weighted by Crippen LogP contribution is -3.22. The molecule has 0 fully saturated rings. The van der Waals surface area contributed by atoms with Crippen LogP contribution in [0.15, 0.2) is 0 Å². The third-order valence-corrected chi connectivity index (χ3v) is 4.12. The van der Waals surface area contributed by atoms with Gasteiger partial charge < -0.3 is 0 Å². The summed E-state index contributed by atoms with van der Waals surface area (Å²) in [4.78, 5) is 5.44. The quantitative estimate of drug-likeness (QED) is 0.114. The zero-order valence-corrected chi connectivity index (χ0v) is 16.1. The van der Waals surface area contributed by atoms with Crippen molar-refractivity contribution < 1.29 is 14.8 Å². The second kappa shape index (κ2) is 11.8. The van der Waals surface area contributed by atoms with Gasteiger partial charge in [-0.2, -0.15) is 0 Å². The normalized spacial score (nSPS) is 13.7. The molecule has 2 atom stereocenters. The van der Waals surface area contributed by atoms with E-state index in [4.69, 9.17) is 24.4 Å². The van der Waals surface area contributed by atoms with Gasteiger partial charge in [-0.1, -0.05) is 57.4 Å². The highest BCUT2D eigenvalue weighted by Gasteiger charge is 2.18. The van der Waals surface area contributed by atoms with E-state index in [-0.39, 0.29) is 0 Å². The van der Waals surface area contributed by atoms with Crippen LogP contribution in [0.1, 0.15) is 13.3 Å². The first-order valence-electron chi connectivity index (χ1n) is 6.03. The van der Waals surface area contributed by atoms with Crippen LogP contribution in [0.25, 0.3) is 0 Å². The SMILES string of the molecule is CCC[NH+](CC[NH+](CC[NH+]=C(S)S)C(=S)S)C(=S)S. The van der Waals surface area contributed by atoms with Gasteiger partial charge in [0.05, 0.1) is 6.54 Å². The number of nitrogens with one attached hydrogen (secondary N) is 3. The van der Waals surface area contributed by atoms with Crippen molar-refractivity contribution in [1.29, 1.82) is 0 Å². The van der Waals surface area contributed by atoms with Gasteiger partial charge in [0, 0.05) is 0 Å². The molecule has 0 saturated heterocycles. The molecule has 0 spiro atoms. The van der Waals surface area contributed by atoms with Gasteiger partial charge in [-0.25, -0.2) is 4.99 Å². The summed E-state index contributed by atoms with van der Waals surface area (Å²) >= 11 is 27.0. The van der Waals surface area contributed by atoms with Gasteiger partial charge in [0.25, 0.3) is 4.38 Å². The summed E-state index contributed by atoms with van der Waals surface area (Å²) in [5.41, 5.74) is 0. The van der Waals surface area contributed by atoms with Crippen LogP contribution in [-0.4, -0.2) is 45.7 Å². The van der Waals surface area contributed by atoms with E-state index >= 15 is 0 Å². The zero-order valence-electron chi connectivity index (χ0n) is 10.8. The number of quaternary nitrogens is 2. The maximum Gasteiger partial charge on any atom is 0.262 e. The predicted molar refractivity (Wildman–Crippen MR) is 104 cm³/mol. The van der Waals surface area contributed by atoms with Crippen LogP contribution < -0.4 is 14.8 Å². The Morgan fingerprint density at radius 2 is 1.37 bits per heavy atom. The van der Waals surface area contributed by atoms with Gasteiger partial charge in [-0.3, -0.25) is 9.80 Å². The summed E-state index contributed by atoms with van der Waals surface area (Å²) in [6.45, 7) is 6.52. The minimum absolute atomic E-state index is 0.610. The number of hydrogen-bond acceptors (Lipinski definition) is 2. The Kier molecular flexibility index (Phi) is 12.5. The molecule has 0 aromatic carbocycles. The Labute approximate surface area is 148 Å². The summed E-state index contributed by atoms with van der Waals surface area (Å²) in [6.07, 6.45) is 1.08. The molecule has 2 unspecified atom stereocenters. The Balaban J connectivity index is 4.30. The molecule has 0 aliphatic rings. The molecule has 0 bridgehead atoms. The van der Waals surface area contributed by atoms with Crippen LogP contribution in [0, 0.1) is 0 Å². The van der Waals surface area contributed by atoms with Crippen LogP contribution in [0.3, 0.4) is 0 Å². The molecule has 0 radical (unpaired) electrons. The van der Waals surface area contributed by atoms with Crippen molar-refractivity contribution in [2.24, 2.45) is 0 Å². The van der Waals surface area contributed by atoms with Crippen molar-refractivity contribution in [3.05, 3.63) is 0 Å². The highest BCUT2D eigenvalue weighted by molar-refractivity contribution is 8.23. The van der Waals surface area contributed by atoms with Crippen LogP contribution in [0.5, 0.6) is 0 Å². The molecule has 9 heteroatoms. The van der Waals surface area contributed by atoms with Crippen LogP contribution >= 0.6 is 75.0 Å². The van der Waals surface area contributed by atoms with Crippen molar-refractivity contribution in [3.8, 4) is 0 Å². The maximum absolute atomic E-state index is 5.17. The Bertz CT molecular complexity index is 329. The van der Waals surface area contributed by atoms with E-state index in [0.717, 1.165) is 44.0 Å². The average Bonchev–Trinajstić information content (AvgIpc) is 2.30. The summed E-state index contributed by atoms with van der Waals surface area (Å²) < 4.78 is 1.99. The van der Waals surface area contributed by atoms with E-state index in [1.807, 2.05) is 0 Å². The molecule has 0 heterocycles. The van der Waals surface area contributed by atoms with Crippen LogP contribution in [-0.2, 0) is 0 Å². The fourth-order valence-electron chi connectivity index (χ4n) is 1.61. The molecular weight excluding hydrogens is 355 g/mol. The van der Waals surface area contributed by atoms with Crippen LogP contribution in [0.2, 0.25) is 0 Å². The third kappa shape index (κ3) is 10.5. The summed E-state index contributed by atoms with van der Waals surface area (Å²) in [7, 11) is 0. The van der Waals surface area contributed by atoms with E-state index in [1.54, 1.807) is 0 Å². The lowest BCUT2D eigenvalue weighted by Gasteiger charge is -2.19. The molecule has 0 saturated carbocycles. The first-order valence-corrected chi connectivity index (χ1v) is 8.63. The standard InChI is InChI=1S/C10H19N3S6/c1-2-4-12(9(16)17)6-7-13(10(18)19)5-3-11-8(14)15/h2-7H2,1H3,(H,16,17)(H,18,19)(H2,11,14,15)/p+3. The topological polar surface area (TPSA) is 22.9 Å². The number of hydrogen-bond donors (Lipinski definition) is 7. The van der Waals surface area contributed by atoms with Gasteiger partial charge in [0.15, 0.2) is 6.54 Å². The van der Waals surface area contributed by atoms with Gasteiger partial charge in [-0.05, 0) is 30.9 Å². The van der Waals surface area contributed by atoms with Gasteiger partial charge in [0.1, 0.15) is 19.6 Å². The van der Waals surface area contributed by atoms with Crippen molar-refractivity contribution in [2.45, 2.75) is 13.3 Å². The largest absolute Gasteiger partial charge is 0.283 e. The number of thiocarbonyl (C=S) groups is 2. The summed E-state index contributed by atoms with van der Waals surface area (Å²) in [5, 5.41) is 0. The zero-order chi connectivity index (χ0) is 14.8. The van der Waals surface area contributed by atoms with E-state index in [2.05, 4.69) is 62.4 Å². The fraction of sp³-hybridized carbons (Fsp3) is 0.700. The molecule has 0 rings (SSSR count). The molecule has 0 aliphatic carbocycles. The van der Waals surface area contributed by atoms with Crippen molar-refractivity contribution >= 4 is 88.0 Å². The lowest BCUT2D eigenvalue weighted by molar-refractivity contribution is -0.866. The van der Waals surface area contributed by atoms with Crippen molar-refractivity contribution in [2.75, 3.05) is 32.7 Å². The second-order valence-electron chi connectivity index (χ2n) is 4.07. The molecule has 3 N–H and O–H groups in total. The van der Waals surface area contributed by atoms with Crippen molar-refractivity contribution in [3.63, 3.8) is 0 Å². The smallest absolute Gasteiger partial charge is 0.262 e. The highest BCUT2D eigenvalue weighted by atomic mass is 32.2. The molecule has 110 valence electrons. The molecule has 0 aromatic rings. The molecule has 19 heavy (non-hydrogen) atoms. The lowest BCUT2D eigenvalue weighted by atomic mass is 10.4. The number of thiol groups is 4. The Morgan fingerprint density at radius 3 is 1.74 bits per heavy atom. The fourth-order valence-corrected chi connectivity index (χ4v) is 2.69. The molecule has 0 aromatic heterocycles. The highest BCUT2D eigenvalue weighted by Crippen LogP contribution is 1.75. The monoisotopic (exact) mass is 376 g/mol.